The highest BCUT2D eigenvalue weighted by Gasteiger charge is 2.36. The molecule has 0 bridgehead atoms. The van der Waals surface area contributed by atoms with Crippen LogP contribution in [-0.4, -0.2) is 7.69 Å². The number of halogens is 8. The lowest BCUT2D eigenvalue weighted by Gasteiger charge is -2.16. The molecule has 2 aromatic rings. The Kier molecular flexibility index (Phi) is 5.14. The van der Waals surface area contributed by atoms with Crippen molar-refractivity contribution in [1.82, 2.24) is 0 Å². The molecule has 0 aliphatic heterocycles. The summed E-state index contributed by atoms with van der Waals surface area (Å²) >= 11 is 0. The first-order chi connectivity index (χ1) is 11.5. The largest absolute Gasteiger partial charge is 0.576 e. The Morgan fingerprint density at radius 1 is 0.640 bits per heavy atom. The molecule has 25 heavy (non-hydrogen) atoms. The van der Waals surface area contributed by atoms with E-state index in [4.69, 9.17) is 0 Å². The van der Waals surface area contributed by atoms with Crippen LogP contribution in [0.5, 0.6) is 11.5 Å². The van der Waals surface area contributed by atoms with Crippen LogP contribution in [0.4, 0.5) is 35.1 Å². The van der Waals surface area contributed by atoms with E-state index < -0.39 is 54.3 Å². The van der Waals surface area contributed by atoms with Gasteiger partial charge in [0, 0.05) is 12.1 Å². The summed E-state index contributed by atoms with van der Waals surface area (Å²) in [5.41, 5.74) is -2.68. The maximum Gasteiger partial charge on any atom is 0.576 e. The van der Waals surface area contributed by atoms with Crippen LogP contribution >= 0.6 is 0 Å². The van der Waals surface area contributed by atoms with Gasteiger partial charge in [0.05, 0.1) is 11.1 Å². The Morgan fingerprint density at radius 3 is 1.32 bits per heavy atom. The first kappa shape index (κ1) is 18.9. The van der Waals surface area contributed by atoms with Gasteiger partial charge in [-0.1, -0.05) is 0 Å². The quantitative estimate of drug-likeness (QED) is 0.573. The monoisotopic (exact) mass is 370 g/mol. The molecular weight excluding hydrogens is 363 g/mol. The van der Waals surface area contributed by atoms with E-state index >= 15 is 0 Å². The predicted molar refractivity (Wildman–Crippen MR) is 71.2 cm³/mol. The molecule has 0 saturated heterocycles. The molecule has 0 N–H and O–H groups in total. The highest BCUT2D eigenvalue weighted by molar-refractivity contribution is 6.20. The molecule has 2 nitrogen and oxygen atoms in total. The van der Waals surface area contributed by atoms with Gasteiger partial charge in [-0.05, 0) is 24.3 Å². The fraction of sp³-hybridized carbons (Fsp3) is 0.143. The van der Waals surface area contributed by atoms with Gasteiger partial charge in [0.2, 0.25) is 0 Å². The summed E-state index contributed by atoms with van der Waals surface area (Å²) < 4.78 is 112. The molecule has 2 aromatic carbocycles. The van der Waals surface area contributed by atoms with E-state index in [1.54, 1.807) is 0 Å². The van der Waals surface area contributed by atoms with Crippen LogP contribution in [0.1, 0.15) is 11.1 Å². The smallest absolute Gasteiger partial charge is 0.528 e. The van der Waals surface area contributed by atoms with Gasteiger partial charge in [0.1, 0.15) is 23.1 Å². The highest BCUT2D eigenvalue weighted by Crippen LogP contribution is 2.38. The second kappa shape index (κ2) is 6.81. The van der Waals surface area contributed by atoms with E-state index in [9.17, 15) is 35.1 Å². The molecule has 2 rings (SSSR count). The summed E-state index contributed by atoms with van der Waals surface area (Å²) in [7, 11) is -1.13. The SMILES string of the molecule is Fc1ccc(C(F)(F)F)c(OBOc2cc(F)ccc2C(F)(F)F)c1. The van der Waals surface area contributed by atoms with E-state index in [0.29, 0.717) is 36.4 Å². The molecule has 0 amide bonds. The molecule has 0 heterocycles. The van der Waals surface area contributed by atoms with Crippen molar-refractivity contribution in [2.75, 3.05) is 0 Å². The molecule has 0 atom stereocenters. The summed E-state index contributed by atoms with van der Waals surface area (Å²) in [6.07, 6.45) is -9.75. The van der Waals surface area contributed by atoms with Gasteiger partial charge in [-0.2, -0.15) is 26.3 Å². The molecule has 0 radical (unpaired) electrons. The van der Waals surface area contributed by atoms with Gasteiger partial charge < -0.3 is 9.31 Å². The lowest BCUT2D eigenvalue weighted by atomic mass is 10.1. The maximum atomic E-state index is 13.1. The van der Waals surface area contributed by atoms with Crippen LogP contribution < -0.4 is 9.31 Å². The first-order valence-electron chi connectivity index (χ1n) is 6.47. The molecular formula is C14H7BF8O2. The van der Waals surface area contributed by atoms with Crippen LogP contribution in [0.25, 0.3) is 0 Å². The summed E-state index contributed by atoms with van der Waals surface area (Å²) in [5, 5.41) is 0. The van der Waals surface area contributed by atoms with Gasteiger partial charge in [0.25, 0.3) is 0 Å². The molecule has 0 fully saturated rings. The van der Waals surface area contributed by atoms with E-state index in [1.165, 1.54) is 0 Å². The Morgan fingerprint density at radius 2 is 1.00 bits per heavy atom. The first-order valence-corrected chi connectivity index (χ1v) is 6.47. The molecule has 0 aliphatic carbocycles. The Labute approximate surface area is 136 Å². The van der Waals surface area contributed by atoms with Crippen molar-refractivity contribution < 1.29 is 44.4 Å². The fourth-order valence-electron chi connectivity index (χ4n) is 1.86. The second-order valence-electron chi connectivity index (χ2n) is 4.68. The zero-order valence-corrected chi connectivity index (χ0v) is 12.0. The lowest BCUT2D eigenvalue weighted by molar-refractivity contribution is -0.139. The van der Waals surface area contributed by atoms with Crippen molar-refractivity contribution in [2.24, 2.45) is 0 Å². The van der Waals surface area contributed by atoms with Gasteiger partial charge in [0.15, 0.2) is 0 Å². The third kappa shape index (κ3) is 4.77. The second-order valence-corrected chi connectivity index (χ2v) is 4.68. The van der Waals surface area contributed by atoms with Gasteiger partial charge in [-0.3, -0.25) is 0 Å². The normalized spacial score (nSPS) is 12.0. The molecule has 11 heteroatoms. The lowest BCUT2D eigenvalue weighted by Crippen LogP contribution is -2.17. The van der Waals surface area contributed by atoms with Gasteiger partial charge in [-0.25, -0.2) is 8.78 Å². The Bertz CT molecular complexity index is 694. The minimum Gasteiger partial charge on any atom is -0.528 e. The van der Waals surface area contributed by atoms with Gasteiger partial charge in [-0.15, -0.1) is 0 Å². The standard InChI is InChI=1S/C14H7BF8O2/c16-7-1-3-9(13(18,19)20)11(5-7)24-15-25-12-6-8(17)2-4-10(12)14(21,22)23/h1-6,15H. The predicted octanol–water partition coefficient (Wildman–Crippen LogP) is 4.73. The van der Waals surface area contributed by atoms with Crippen molar-refractivity contribution in [3.8, 4) is 11.5 Å². The molecule has 134 valence electrons. The van der Waals surface area contributed by atoms with Crippen molar-refractivity contribution in [3.05, 3.63) is 59.2 Å². The summed E-state index contributed by atoms with van der Waals surface area (Å²) in [6.45, 7) is 0. The van der Waals surface area contributed by atoms with Crippen LogP contribution in [-0.2, 0) is 12.4 Å². The van der Waals surface area contributed by atoms with E-state index in [1.807, 2.05) is 0 Å². The van der Waals surface area contributed by atoms with Crippen LogP contribution in [0.15, 0.2) is 36.4 Å². The molecule has 0 aliphatic rings. The minimum absolute atomic E-state index is 0.405. The van der Waals surface area contributed by atoms with E-state index in [2.05, 4.69) is 9.31 Å². The minimum atomic E-state index is -4.88. The summed E-state index contributed by atoms with van der Waals surface area (Å²) in [4.78, 5) is 0. The van der Waals surface area contributed by atoms with Crippen molar-refractivity contribution in [2.45, 2.75) is 12.4 Å². The van der Waals surface area contributed by atoms with E-state index in [0.717, 1.165) is 0 Å². The third-order valence-corrected chi connectivity index (χ3v) is 2.93. The zero-order chi connectivity index (χ0) is 18.8. The van der Waals surface area contributed by atoms with Crippen molar-refractivity contribution in [3.63, 3.8) is 0 Å². The maximum absolute atomic E-state index is 13.1. The fourth-order valence-corrected chi connectivity index (χ4v) is 1.86. The average molecular weight is 370 g/mol. The summed E-state index contributed by atoms with van der Waals surface area (Å²) in [5.74, 6) is -4.05. The zero-order valence-electron chi connectivity index (χ0n) is 12.0. The Hall–Kier alpha value is -2.46. The number of rotatable bonds is 4. The average Bonchev–Trinajstić information content (AvgIpc) is 2.44. The third-order valence-electron chi connectivity index (χ3n) is 2.93. The number of hydrogen-bond acceptors (Lipinski definition) is 2. The van der Waals surface area contributed by atoms with Crippen LogP contribution in [0, 0.1) is 11.6 Å². The number of hydrogen-bond donors (Lipinski definition) is 0. The molecule has 0 unspecified atom stereocenters. The summed E-state index contributed by atoms with van der Waals surface area (Å²) in [6, 6.07) is 2.72. The molecule has 0 spiro atoms. The van der Waals surface area contributed by atoms with Gasteiger partial charge >= 0.3 is 20.0 Å². The van der Waals surface area contributed by atoms with Crippen LogP contribution in [0.3, 0.4) is 0 Å². The molecule has 0 saturated carbocycles. The van der Waals surface area contributed by atoms with Crippen LogP contribution in [0.2, 0.25) is 0 Å². The molecule has 0 aromatic heterocycles. The topological polar surface area (TPSA) is 18.5 Å². The number of alkyl halides is 6. The van der Waals surface area contributed by atoms with Crippen molar-refractivity contribution in [1.29, 1.82) is 0 Å². The Balaban J connectivity index is 2.20. The van der Waals surface area contributed by atoms with Crippen molar-refractivity contribution >= 4 is 7.69 Å². The number of benzene rings is 2. The highest BCUT2D eigenvalue weighted by atomic mass is 19.4. The van der Waals surface area contributed by atoms with E-state index in [-0.39, 0.29) is 0 Å².